The lowest BCUT2D eigenvalue weighted by molar-refractivity contribution is 0.384. The number of ether oxygens (including phenoxy) is 1. The van der Waals surface area contributed by atoms with E-state index in [-0.39, 0.29) is 5.75 Å². The lowest BCUT2D eigenvalue weighted by atomic mass is 10.1. The third kappa shape index (κ3) is 2.00. The first-order valence-corrected chi connectivity index (χ1v) is 5.64. The molecule has 0 saturated carbocycles. The Bertz CT molecular complexity index is 545. The van der Waals surface area contributed by atoms with Gasteiger partial charge in [-0.1, -0.05) is 0 Å². The number of benzene rings is 1. The number of aromatic nitrogens is 2. The highest BCUT2D eigenvalue weighted by atomic mass is 79.9. The molecule has 0 aliphatic rings. The highest BCUT2D eigenvalue weighted by Gasteiger charge is 2.14. The minimum Gasteiger partial charge on any atom is -0.492 e. The van der Waals surface area contributed by atoms with Crippen LogP contribution in [0.2, 0.25) is 0 Å². The molecule has 0 aliphatic carbocycles. The van der Waals surface area contributed by atoms with Gasteiger partial charge < -0.3 is 10.5 Å². The van der Waals surface area contributed by atoms with Crippen molar-refractivity contribution in [1.29, 1.82) is 0 Å². The zero-order valence-corrected chi connectivity index (χ0v) is 11.0. The predicted octanol–water partition coefficient (Wildman–Crippen LogP) is 2.58. The lowest BCUT2D eigenvalue weighted by Crippen LogP contribution is -1.98. The van der Waals surface area contributed by atoms with Gasteiger partial charge in [0.1, 0.15) is 5.82 Å². The molecule has 1 heterocycles. The Morgan fingerprint density at radius 1 is 1.47 bits per heavy atom. The van der Waals surface area contributed by atoms with Crippen LogP contribution in [0.1, 0.15) is 0 Å². The summed E-state index contributed by atoms with van der Waals surface area (Å²) >= 11 is 3.25. The van der Waals surface area contributed by atoms with E-state index in [1.165, 1.54) is 17.9 Å². The smallest absolute Gasteiger partial charge is 0.168 e. The zero-order valence-electron chi connectivity index (χ0n) is 9.37. The topological polar surface area (TPSA) is 53.1 Å². The summed E-state index contributed by atoms with van der Waals surface area (Å²) in [5, 5.41) is 4.02. The van der Waals surface area contributed by atoms with E-state index < -0.39 is 5.82 Å². The molecule has 0 aliphatic heterocycles. The van der Waals surface area contributed by atoms with E-state index in [2.05, 4.69) is 21.0 Å². The third-order valence-electron chi connectivity index (χ3n) is 2.50. The molecule has 0 saturated heterocycles. The van der Waals surface area contributed by atoms with Crippen molar-refractivity contribution < 1.29 is 9.13 Å². The van der Waals surface area contributed by atoms with Crippen molar-refractivity contribution in [2.24, 2.45) is 7.05 Å². The molecule has 2 N–H and O–H groups in total. The van der Waals surface area contributed by atoms with Crippen molar-refractivity contribution in [3.05, 3.63) is 28.6 Å². The molecule has 4 nitrogen and oxygen atoms in total. The number of anilines is 1. The van der Waals surface area contributed by atoms with E-state index in [0.29, 0.717) is 21.4 Å². The van der Waals surface area contributed by atoms with Crippen LogP contribution in [0.15, 0.2) is 22.8 Å². The molecule has 0 fully saturated rings. The van der Waals surface area contributed by atoms with Crippen LogP contribution in [-0.2, 0) is 7.05 Å². The van der Waals surface area contributed by atoms with Crippen molar-refractivity contribution in [1.82, 2.24) is 9.78 Å². The normalized spacial score (nSPS) is 10.6. The van der Waals surface area contributed by atoms with Gasteiger partial charge in [-0.15, -0.1) is 0 Å². The summed E-state index contributed by atoms with van der Waals surface area (Å²) in [6, 6.07) is 3.12. The number of hydrogen-bond acceptors (Lipinski definition) is 3. The second-order valence-corrected chi connectivity index (χ2v) is 4.39. The first-order chi connectivity index (χ1) is 8.04. The molecular weight excluding hydrogens is 289 g/mol. The van der Waals surface area contributed by atoms with Crippen molar-refractivity contribution in [3.8, 4) is 16.9 Å². The van der Waals surface area contributed by atoms with E-state index in [9.17, 15) is 4.39 Å². The largest absolute Gasteiger partial charge is 0.492 e. The molecule has 1 aromatic carbocycles. The minimum atomic E-state index is -0.444. The standard InChI is InChI=1S/C11H11BrFN3O/c1-16-11(14)7(5-15-16)6-3-8(12)10(17-2)9(13)4-6/h3-5H,14H2,1-2H3. The molecule has 0 radical (unpaired) electrons. The van der Waals surface area contributed by atoms with Gasteiger partial charge in [-0.25, -0.2) is 4.39 Å². The van der Waals surface area contributed by atoms with Gasteiger partial charge in [0.2, 0.25) is 0 Å². The van der Waals surface area contributed by atoms with E-state index in [1.807, 2.05) is 0 Å². The van der Waals surface area contributed by atoms with Crippen molar-refractivity contribution >= 4 is 21.7 Å². The van der Waals surface area contributed by atoms with Gasteiger partial charge in [0.05, 0.1) is 17.8 Å². The quantitative estimate of drug-likeness (QED) is 0.927. The number of hydrogen-bond donors (Lipinski definition) is 1. The van der Waals surface area contributed by atoms with E-state index in [0.717, 1.165) is 0 Å². The molecule has 90 valence electrons. The minimum absolute atomic E-state index is 0.177. The van der Waals surface area contributed by atoms with Gasteiger partial charge >= 0.3 is 0 Å². The third-order valence-corrected chi connectivity index (χ3v) is 3.09. The monoisotopic (exact) mass is 299 g/mol. The molecule has 0 spiro atoms. The fourth-order valence-corrected chi connectivity index (χ4v) is 2.18. The number of nitrogens with zero attached hydrogens (tertiary/aromatic N) is 2. The molecule has 6 heteroatoms. The van der Waals surface area contributed by atoms with Crippen LogP contribution in [0.25, 0.3) is 11.1 Å². The molecular formula is C11H11BrFN3O. The van der Waals surface area contributed by atoms with Crippen molar-refractivity contribution in [3.63, 3.8) is 0 Å². The number of methoxy groups -OCH3 is 1. The van der Waals surface area contributed by atoms with Crippen molar-refractivity contribution in [2.45, 2.75) is 0 Å². The number of rotatable bonds is 2. The fraction of sp³-hybridized carbons (Fsp3) is 0.182. The van der Waals surface area contributed by atoms with Crippen LogP contribution in [-0.4, -0.2) is 16.9 Å². The zero-order chi connectivity index (χ0) is 12.6. The molecule has 0 atom stereocenters. The summed E-state index contributed by atoms with van der Waals surface area (Å²) < 4.78 is 20.7. The average Bonchev–Trinajstić information content (AvgIpc) is 2.59. The Balaban J connectivity index is 2.58. The fourth-order valence-electron chi connectivity index (χ4n) is 1.58. The number of nitrogen functional groups attached to an aromatic ring is 1. The summed E-state index contributed by atoms with van der Waals surface area (Å²) in [4.78, 5) is 0. The number of halogens is 2. The van der Waals surface area contributed by atoms with Gasteiger partial charge in [0.15, 0.2) is 11.6 Å². The van der Waals surface area contributed by atoms with Crippen LogP contribution in [0.5, 0.6) is 5.75 Å². The van der Waals surface area contributed by atoms with Crippen LogP contribution < -0.4 is 10.5 Å². The molecule has 2 rings (SSSR count). The number of aryl methyl sites for hydroxylation is 1. The SMILES string of the molecule is COc1c(F)cc(-c2cnn(C)c2N)cc1Br. The van der Waals surface area contributed by atoms with Crippen LogP contribution in [0.4, 0.5) is 10.2 Å². The highest BCUT2D eigenvalue weighted by Crippen LogP contribution is 2.35. The maximum absolute atomic E-state index is 13.7. The van der Waals surface area contributed by atoms with Gasteiger partial charge in [-0.3, -0.25) is 4.68 Å². The summed E-state index contributed by atoms with van der Waals surface area (Å²) in [5.41, 5.74) is 7.18. The lowest BCUT2D eigenvalue weighted by Gasteiger charge is -2.07. The second kappa shape index (κ2) is 4.37. The summed E-state index contributed by atoms with van der Waals surface area (Å²) in [5.74, 6) is 0.220. The Labute approximate surface area is 106 Å². The number of nitrogens with two attached hydrogens (primary N) is 1. The second-order valence-electron chi connectivity index (χ2n) is 3.54. The Morgan fingerprint density at radius 3 is 2.65 bits per heavy atom. The van der Waals surface area contributed by atoms with Crippen LogP contribution in [0.3, 0.4) is 0 Å². The van der Waals surface area contributed by atoms with Crippen LogP contribution in [0, 0.1) is 5.82 Å². The van der Waals surface area contributed by atoms with Gasteiger partial charge in [0.25, 0.3) is 0 Å². The highest BCUT2D eigenvalue weighted by molar-refractivity contribution is 9.10. The molecule has 0 amide bonds. The van der Waals surface area contributed by atoms with Gasteiger partial charge in [-0.2, -0.15) is 5.10 Å². The molecule has 1 aromatic heterocycles. The first kappa shape index (κ1) is 11.9. The molecule has 0 bridgehead atoms. The maximum Gasteiger partial charge on any atom is 0.168 e. The maximum atomic E-state index is 13.7. The average molecular weight is 300 g/mol. The summed E-state index contributed by atoms with van der Waals surface area (Å²) in [6.45, 7) is 0. The predicted molar refractivity (Wildman–Crippen MR) is 67.3 cm³/mol. The molecule has 0 unspecified atom stereocenters. The van der Waals surface area contributed by atoms with E-state index in [4.69, 9.17) is 10.5 Å². The van der Waals surface area contributed by atoms with Gasteiger partial charge in [-0.05, 0) is 33.6 Å². The van der Waals surface area contributed by atoms with Gasteiger partial charge in [0, 0.05) is 12.6 Å². The summed E-state index contributed by atoms with van der Waals surface area (Å²) in [6.07, 6.45) is 1.60. The van der Waals surface area contributed by atoms with Crippen LogP contribution >= 0.6 is 15.9 Å². The molecule has 2 aromatic rings. The molecule has 17 heavy (non-hydrogen) atoms. The Hall–Kier alpha value is -1.56. The Morgan fingerprint density at radius 2 is 2.18 bits per heavy atom. The Kier molecular flexibility index (Phi) is 3.06. The van der Waals surface area contributed by atoms with E-state index in [1.54, 1.807) is 19.3 Å². The summed E-state index contributed by atoms with van der Waals surface area (Å²) in [7, 11) is 3.15. The first-order valence-electron chi connectivity index (χ1n) is 4.85. The van der Waals surface area contributed by atoms with E-state index >= 15 is 0 Å². The van der Waals surface area contributed by atoms with Crippen molar-refractivity contribution in [2.75, 3.05) is 12.8 Å².